The number of piperidine rings is 1. The van der Waals surface area contributed by atoms with Crippen LogP contribution in [0, 0.1) is 24.2 Å². The van der Waals surface area contributed by atoms with Crippen LogP contribution in [0.5, 0.6) is 0 Å². The van der Waals surface area contributed by atoms with Crippen molar-refractivity contribution >= 4 is 11.3 Å². The van der Waals surface area contributed by atoms with Crippen LogP contribution in [-0.4, -0.2) is 23.0 Å². The van der Waals surface area contributed by atoms with Gasteiger partial charge in [-0.2, -0.15) is 5.26 Å². The van der Waals surface area contributed by atoms with E-state index in [4.69, 9.17) is 5.26 Å². The first-order chi connectivity index (χ1) is 7.69. The monoisotopic (exact) mass is 235 g/mol. The average Bonchev–Trinajstić information content (AvgIpc) is 2.62. The van der Waals surface area contributed by atoms with Gasteiger partial charge in [0, 0.05) is 0 Å². The molecule has 0 N–H and O–H groups in total. The SMILES string of the molecule is Cc1nc(CN2CCC(C)CC2)sc1C#N. The second-order valence-corrected chi connectivity index (χ2v) is 5.68. The second kappa shape index (κ2) is 4.94. The zero-order valence-corrected chi connectivity index (χ0v) is 10.7. The third kappa shape index (κ3) is 2.60. The van der Waals surface area contributed by atoms with Crippen LogP contribution in [0.1, 0.15) is 35.3 Å². The molecule has 2 rings (SSSR count). The summed E-state index contributed by atoms with van der Waals surface area (Å²) in [5.41, 5.74) is 0.882. The lowest BCUT2D eigenvalue weighted by Crippen LogP contribution is -2.32. The van der Waals surface area contributed by atoms with Gasteiger partial charge < -0.3 is 0 Å². The largest absolute Gasteiger partial charge is 0.297 e. The lowest BCUT2D eigenvalue weighted by Gasteiger charge is -2.29. The number of nitriles is 1. The van der Waals surface area contributed by atoms with Gasteiger partial charge in [0.2, 0.25) is 0 Å². The minimum Gasteiger partial charge on any atom is -0.297 e. The van der Waals surface area contributed by atoms with Gasteiger partial charge in [-0.05, 0) is 38.8 Å². The molecule has 1 aromatic rings. The van der Waals surface area contributed by atoms with Crippen molar-refractivity contribution in [3.8, 4) is 6.07 Å². The van der Waals surface area contributed by atoms with Crippen LogP contribution in [0.3, 0.4) is 0 Å². The summed E-state index contributed by atoms with van der Waals surface area (Å²) in [6.07, 6.45) is 2.57. The van der Waals surface area contributed by atoms with Crippen LogP contribution in [0.4, 0.5) is 0 Å². The summed E-state index contributed by atoms with van der Waals surface area (Å²) in [7, 11) is 0. The van der Waals surface area contributed by atoms with E-state index in [2.05, 4.69) is 22.9 Å². The molecule has 0 atom stereocenters. The summed E-state index contributed by atoms with van der Waals surface area (Å²) in [5.74, 6) is 0.865. The van der Waals surface area contributed by atoms with E-state index >= 15 is 0 Å². The third-order valence-electron chi connectivity index (χ3n) is 3.18. The molecule has 0 unspecified atom stereocenters. The Morgan fingerprint density at radius 2 is 2.19 bits per heavy atom. The summed E-state index contributed by atoms with van der Waals surface area (Å²) in [5, 5.41) is 9.97. The van der Waals surface area contributed by atoms with Crippen molar-refractivity contribution in [2.45, 2.75) is 33.2 Å². The Morgan fingerprint density at radius 1 is 1.50 bits per heavy atom. The van der Waals surface area contributed by atoms with Crippen LogP contribution in [-0.2, 0) is 6.54 Å². The topological polar surface area (TPSA) is 39.9 Å². The van der Waals surface area contributed by atoms with Crippen LogP contribution < -0.4 is 0 Å². The van der Waals surface area contributed by atoms with E-state index < -0.39 is 0 Å². The number of hydrogen-bond acceptors (Lipinski definition) is 4. The number of rotatable bonds is 2. The van der Waals surface area contributed by atoms with Crippen LogP contribution in [0.25, 0.3) is 0 Å². The Morgan fingerprint density at radius 3 is 2.75 bits per heavy atom. The van der Waals surface area contributed by atoms with Gasteiger partial charge >= 0.3 is 0 Å². The molecule has 0 aliphatic carbocycles. The number of aromatic nitrogens is 1. The molecule has 1 aromatic heterocycles. The molecule has 0 spiro atoms. The number of hydrogen-bond donors (Lipinski definition) is 0. The van der Waals surface area contributed by atoms with Gasteiger partial charge in [0.1, 0.15) is 16.0 Å². The van der Waals surface area contributed by atoms with Gasteiger partial charge in [-0.25, -0.2) is 4.98 Å². The zero-order valence-electron chi connectivity index (χ0n) is 9.86. The molecule has 1 aliphatic rings. The predicted molar refractivity (Wildman–Crippen MR) is 65.2 cm³/mol. The standard InChI is InChI=1S/C12H17N3S/c1-9-3-5-15(6-4-9)8-12-14-10(2)11(7-13)16-12/h9H,3-6,8H2,1-2H3. The van der Waals surface area contributed by atoms with E-state index in [0.29, 0.717) is 0 Å². The van der Waals surface area contributed by atoms with Crippen molar-refractivity contribution in [1.82, 2.24) is 9.88 Å². The molecular weight excluding hydrogens is 218 g/mol. The number of nitrogens with zero attached hydrogens (tertiary/aromatic N) is 3. The lowest BCUT2D eigenvalue weighted by atomic mass is 9.99. The maximum atomic E-state index is 8.88. The predicted octanol–water partition coefficient (Wildman–Crippen LogP) is 2.56. The number of aryl methyl sites for hydroxylation is 1. The van der Waals surface area contributed by atoms with Gasteiger partial charge in [0.25, 0.3) is 0 Å². The molecule has 1 saturated heterocycles. The molecular formula is C12H17N3S. The van der Waals surface area contributed by atoms with E-state index in [0.717, 1.165) is 28.0 Å². The molecule has 86 valence electrons. The molecule has 16 heavy (non-hydrogen) atoms. The first-order valence-electron chi connectivity index (χ1n) is 5.78. The minimum absolute atomic E-state index is 0.764. The summed E-state index contributed by atoms with van der Waals surface area (Å²) >= 11 is 1.54. The zero-order chi connectivity index (χ0) is 11.5. The van der Waals surface area contributed by atoms with Gasteiger partial charge in [0.15, 0.2) is 0 Å². The Labute approximate surface area is 101 Å². The smallest absolute Gasteiger partial charge is 0.127 e. The Kier molecular flexibility index (Phi) is 3.57. The molecule has 2 heterocycles. The minimum atomic E-state index is 0.764. The molecule has 0 radical (unpaired) electrons. The molecule has 0 amide bonds. The molecule has 0 aromatic carbocycles. The molecule has 3 nitrogen and oxygen atoms in total. The molecule has 0 saturated carbocycles. The van der Waals surface area contributed by atoms with E-state index in [9.17, 15) is 0 Å². The summed E-state index contributed by atoms with van der Waals surface area (Å²) < 4.78 is 0. The van der Waals surface area contributed by atoms with Crippen molar-refractivity contribution in [3.05, 3.63) is 15.6 Å². The fraction of sp³-hybridized carbons (Fsp3) is 0.667. The summed E-state index contributed by atoms with van der Waals surface area (Å²) in [6, 6.07) is 2.20. The second-order valence-electron chi connectivity index (χ2n) is 4.59. The molecule has 1 fully saturated rings. The number of thiazole rings is 1. The number of likely N-dealkylation sites (tertiary alicyclic amines) is 1. The quantitative estimate of drug-likeness (QED) is 0.791. The Hall–Kier alpha value is -0.920. The highest BCUT2D eigenvalue weighted by Gasteiger charge is 2.17. The van der Waals surface area contributed by atoms with E-state index in [1.807, 2.05) is 6.92 Å². The lowest BCUT2D eigenvalue weighted by molar-refractivity contribution is 0.185. The first kappa shape index (κ1) is 11.6. The van der Waals surface area contributed by atoms with Gasteiger partial charge in [0.05, 0.1) is 12.2 Å². The normalized spacial score (nSPS) is 18.6. The van der Waals surface area contributed by atoms with Gasteiger partial charge in [-0.15, -0.1) is 11.3 Å². The van der Waals surface area contributed by atoms with Crippen molar-refractivity contribution in [2.75, 3.05) is 13.1 Å². The Balaban J connectivity index is 1.96. The third-order valence-corrected chi connectivity index (χ3v) is 4.22. The van der Waals surface area contributed by atoms with Crippen molar-refractivity contribution in [3.63, 3.8) is 0 Å². The van der Waals surface area contributed by atoms with Crippen molar-refractivity contribution < 1.29 is 0 Å². The fourth-order valence-electron chi connectivity index (χ4n) is 2.04. The summed E-state index contributed by atoms with van der Waals surface area (Å²) in [6.45, 7) is 7.48. The van der Waals surface area contributed by atoms with E-state index in [1.54, 1.807) is 11.3 Å². The highest BCUT2D eigenvalue weighted by Crippen LogP contribution is 2.22. The maximum Gasteiger partial charge on any atom is 0.127 e. The highest BCUT2D eigenvalue weighted by atomic mass is 32.1. The van der Waals surface area contributed by atoms with Crippen molar-refractivity contribution in [1.29, 1.82) is 5.26 Å². The maximum absolute atomic E-state index is 8.88. The van der Waals surface area contributed by atoms with Crippen LogP contribution in [0.15, 0.2) is 0 Å². The fourth-order valence-corrected chi connectivity index (χ4v) is 2.94. The van der Waals surface area contributed by atoms with Crippen LogP contribution >= 0.6 is 11.3 Å². The van der Waals surface area contributed by atoms with Crippen LogP contribution in [0.2, 0.25) is 0 Å². The average molecular weight is 235 g/mol. The molecule has 1 aliphatic heterocycles. The van der Waals surface area contributed by atoms with Gasteiger partial charge in [-0.3, -0.25) is 4.90 Å². The highest BCUT2D eigenvalue weighted by molar-refractivity contribution is 7.12. The van der Waals surface area contributed by atoms with E-state index in [-0.39, 0.29) is 0 Å². The first-order valence-corrected chi connectivity index (χ1v) is 6.59. The van der Waals surface area contributed by atoms with Crippen molar-refractivity contribution in [2.24, 2.45) is 5.92 Å². The van der Waals surface area contributed by atoms with E-state index in [1.165, 1.54) is 25.9 Å². The van der Waals surface area contributed by atoms with Gasteiger partial charge in [-0.1, -0.05) is 6.92 Å². The Bertz CT molecular complexity index is 397. The summed E-state index contributed by atoms with van der Waals surface area (Å²) in [4.78, 5) is 7.66. The molecule has 4 heteroatoms. The molecule has 0 bridgehead atoms.